The van der Waals surface area contributed by atoms with E-state index in [-0.39, 0.29) is 6.10 Å². The van der Waals surface area contributed by atoms with Crippen molar-refractivity contribution < 1.29 is 18.9 Å². The van der Waals surface area contributed by atoms with Gasteiger partial charge in [0.15, 0.2) is 11.5 Å². The number of anilines is 1. The summed E-state index contributed by atoms with van der Waals surface area (Å²) in [5, 5.41) is 0. The number of aryl methyl sites for hydroxylation is 1. The quantitative estimate of drug-likeness (QED) is 0.551. The van der Waals surface area contributed by atoms with Crippen molar-refractivity contribution in [3.05, 3.63) is 60.3 Å². The minimum absolute atomic E-state index is 0.0688. The summed E-state index contributed by atoms with van der Waals surface area (Å²) in [4.78, 5) is 4.44. The minimum Gasteiger partial charge on any atom is -0.493 e. The fraction of sp³-hybridized carbons (Fsp3) is 0.346. The zero-order chi connectivity index (χ0) is 22.3. The molecule has 6 nitrogen and oxygen atoms in total. The Morgan fingerprint density at radius 1 is 1.00 bits per heavy atom. The molecule has 168 valence electrons. The Morgan fingerprint density at radius 2 is 1.81 bits per heavy atom. The van der Waals surface area contributed by atoms with Crippen molar-refractivity contribution in [3.63, 3.8) is 0 Å². The minimum atomic E-state index is -0.0688. The Morgan fingerprint density at radius 3 is 2.53 bits per heavy atom. The summed E-state index contributed by atoms with van der Waals surface area (Å²) in [6, 6.07) is 16.5. The van der Waals surface area contributed by atoms with E-state index < -0.39 is 0 Å². The second-order valence-corrected chi connectivity index (χ2v) is 7.85. The molecule has 2 heterocycles. The number of rotatable bonds is 8. The van der Waals surface area contributed by atoms with Gasteiger partial charge in [-0.05, 0) is 41.3 Å². The molecule has 4 rings (SSSR count). The Balaban J connectivity index is 1.55. The van der Waals surface area contributed by atoms with Gasteiger partial charge in [-0.3, -0.25) is 0 Å². The summed E-state index contributed by atoms with van der Waals surface area (Å²) in [6.07, 6.45) is 3.91. The Bertz CT molecular complexity index is 1030. The van der Waals surface area contributed by atoms with Crippen LogP contribution in [-0.2, 0) is 15.9 Å². The van der Waals surface area contributed by atoms with Crippen molar-refractivity contribution in [2.24, 2.45) is 0 Å². The topological polar surface area (TPSA) is 75.8 Å². The van der Waals surface area contributed by atoms with Crippen molar-refractivity contribution in [3.8, 4) is 33.8 Å². The van der Waals surface area contributed by atoms with Crippen LogP contribution in [0.3, 0.4) is 0 Å². The van der Waals surface area contributed by atoms with Gasteiger partial charge in [0.25, 0.3) is 0 Å². The number of hydrogen-bond acceptors (Lipinski definition) is 6. The Labute approximate surface area is 189 Å². The van der Waals surface area contributed by atoms with E-state index in [0.29, 0.717) is 43.7 Å². The predicted octanol–water partition coefficient (Wildman–Crippen LogP) is 4.75. The van der Waals surface area contributed by atoms with E-state index in [9.17, 15) is 0 Å². The highest BCUT2D eigenvalue weighted by Crippen LogP contribution is 2.35. The molecule has 0 bridgehead atoms. The van der Waals surface area contributed by atoms with E-state index >= 15 is 0 Å². The molecule has 32 heavy (non-hydrogen) atoms. The zero-order valence-electron chi connectivity index (χ0n) is 18.7. The van der Waals surface area contributed by atoms with E-state index in [4.69, 9.17) is 24.7 Å². The third kappa shape index (κ3) is 5.21. The van der Waals surface area contributed by atoms with Crippen molar-refractivity contribution in [1.29, 1.82) is 0 Å². The van der Waals surface area contributed by atoms with E-state index in [2.05, 4.69) is 42.2 Å². The lowest BCUT2D eigenvalue weighted by atomic mass is 9.99. The van der Waals surface area contributed by atoms with Gasteiger partial charge in [0.1, 0.15) is 18.5 Å². The van der Waals surface area contributed by atoms with Gasteiger partial charge >= 0.3 is 0 Å². The number of ether oxygens (including phenoxy) is 4. The van der Waals surface area contributed by atoms with E-state index in [1.54, 1.807) is 13.3 Å². The molecular weight excluding hydrogens is 404 g/mol. The largest absolute Gasteiger partial charge is 0.493 e. The number of methoxy groups -OCH3 is 1. The van der Waals surface area contributed by atoms with Crippen molar-refractivity contribution in [1.82, 2.24) is 4.98 Å². The van der Waals surface area contributed by atoms with E-state index in [0.717, 1.165) is 35.1 Å². The summed E-state index contributed by atoms with van der Waals surface area (Å²) in [5.41, 5.74) is 11.4. The monoisotopic (exact) mass is 434 g/mol. The van der Waals surface area contributed by atoms with Gasteiger partial charge in [-0.25, -0.2) is 4.98 Å². The van der Waals surface area contributed by atoms with Crippen LogP contribution in [-0.4, -0.2) is 44.6 Å². The predicted molar refractivity (Wildman–Crippen MR) is 126 cm³/mol. The number of hydrogen-bond donors (Lipinski definition) is 1. The number of pyridine rings is 1. The number of benzene rings is 2. The molecular formula is C26H30N2O4. The molecule has 1 aliphatic rings. The van der Waals surface area contributed by atoms with Crippen LogP contribution in [0.1, 0.15) is 18.9 Å². The third-order valence-electron chi connectivity index (χ3n) is 5.53. The third-order valence-corrected chi connectivity index (χ3v) is 5.53. The van der Waals surface area contributed by atoms with Gasteiger partial charge in [-0.2, -0.15) is 0 Å². The first-order chi connectivity index (χ1) is 15.7. The van der Waals surface area contributed by atoms with Crippen LogP contribution in [0.2, 0.25) is 0 Å². The molecule has 3 aromatic rings. The number of nitrogens with zero attached hydrogens (tertiary/aromatic N) is 1. The molecule has 0 amide bonds. The first kappa shape index (κ1) is 22.1. The highest BCUT2D eigenvalue weighted by Gasteiger charge is 2.17. The number of aromatic nitrogens is 1. The van der Waals surface area contributed by atoms with Crippen LogP contribution in [0.4, 0.5) is 5.82 Å². The summed E-state index contributed by atoms with van der Waals surface area (Å²) >= 11 is 0. The lowest BCUT2D eigenvalue weighted by Gasteiger charge is -2.23. The fourth-order valence-corrected chi connectivity index (χ4v) is 3.79. The standard InChI is InChI=1S/C26H30N2O4/c1-3-4-18-5-7-19(8-6-18)23-13-21(15-28-26(23)27)20-9-10-24(25(14-20)29-2)32-17-22-16-30-11-12-31-22/h5-10,13-15,22H,3-4,11-12,16-17H2,1-2H3,(H2,27,28)/t22-/m0/s1. The molecule has 0 saturated carbocycles. The molecule has 0 aliphatic carbocycles. The lowest BCUT2D eigenvalue weighted by Crippen LogP contribution is -2.33. The zero-order valence-corrected chi connectivity index (χ0v) is 18.7. The molecule has 2 N–H and O–H groups in total. The average Bonchev–Trinajstić information content (AvgIpc) is 2.84. The van der Waals surface area contributed by atoms with Crippen LogP contribution in [0.15, 0.2) is 54.7 Å². The molecule has 0 unspecified atom stereocenters. The van der Waals surface area contributed by atoms with Crippen LogP contribution in [0.25, 0.3) is 22.3 Å². The molecule has 1 atom stereocenters. The molecule has 2 aromatic carbocycles. The smallest absolute Gasteiger partial charge is 0.161 e. The fourth-order valence-electron chi connectivity index (χ4n) is 3.79. The molecule has 6 heteroatoms. The maximum absolute atomic E-state index is 6.21. The molecule has 1 saturated heterocycles. The lowest BCUT2D eigenvalue weighted by molar-refractivity contribution is -0.101. The van der Waals surface area contributed by atoms with Crippen LogP contribution in [0, 0.1) is 0 Å². The Hall–Kier alpha value is -3.09. The highest BCUT2D eigenvalue weighted by atomic mass is 16.6. The highest BCUT2D eigenvalue weighted by molar-refractivity contribution is 5.80. The molecule has 1 fully saturated rings. The maximum atomic E-state index is 6.21. The SMILES string of the molecule is CCCc1ccc(-c2cc(-c3ccc(OC[C@@H]4COCCO4)c(OC)c3)cnc2N)cc1. The second kappa shape index (κ2) is 10.5. The summed E-state index contributed by atoms with van der Waals surface area (Å²) in [6.45, 7) is 4.37. The van der Waals surface area contributed by atoms with Gasteiger partial charge in [-0.15, -0.1) is 0 Å². The molecule has 0 radical (unpaired) electrons. The van der Waals surface area contributed by atoms with Gasteiger partial charge in [0, 0.05) is 17.3 Å². The van der Waals surface area contributed by atoms with Crippen LogP contribution >= 0.6 is 0 Å². The first-order valence-electron chi connectivity index (χ1n) is 11.0. The van der Waals surface area contributed by atoms with Crippen LogP contribution < -0.4 is 15.2 Å². The molecule has 1 aromatic heterocycles. The van der Waals surface area contributed by atoms with Crippen molar-refractivity contribution in [2.75, 3.05) is 39.3 Å². The van der Waals surface area contributed by atoms with Gasteiger partial charge in [0.05, 0.1) is 26.9 Å². The Kier molecular flexibility index (Phi) is 7.24. The summed E-state index contributed by atoms with van der Waals surface area (Å²) < 4.78 is 22.6. The number of nitrogen functional groups attached to an aromatic ring is 1. The van der Waals surface area contributed by atoms with Crippen molar-refractivity contribution in [2.45, 2.75) is 25.9 Å². The van der Waals surface area contributed by atoms with Gasteiger partial charge in [-0.1, -0.05) is 43.7 Å². The van der Waals surface area contributed by atoms with Crippen molar-refractivity contribution >= 4 is 5.82 Å². The summed E-state index contributed by atoms with van der Waals surface area (Å²) in [5.74, 6) is 1.83. The van der Waals surface area contributed by atoms with Gasteiger partial charge < -0.3 is 24.7 Å². The van der Waals surface area contributed by atoms with Crippen LogP contribution in [0.5, 0.6) is 11.5 Å². The first-order valence-corrected chi connectivity index (χ1v) is 11.0. The van der Waals surface area contributed by atoms with Gasteiger partial charge in [0.2, 0.25) is 0 Å². The maximum Gasteiger partial charge on any atom is 0.161 e. The molecule has 1 aliphatic heterocycles. The normalized spacial score (nSPS) is 16.0. The van der Waals surface area contributed by atoms with E-state index in [1.807, 2.05) is 18.2 Å². The van der Waals surface area contributed by atoms with E-state index in [1.165, 1.54) is 5.56 Å². The molecule has 0 spiro atoms. The number of nitrogens with two attached hydrogens (primary N) is 1. The average molecular weight is 435 g/mol. The summed E-state index contributed by atoms with van der Waals surface area (Å²) in [7, 11) is 1.64. The second-order valence-electron chi connectivity index (χ2n) is 7.85.